The Hall–Kier alpha value is -1.42. The van der Waals surface area contributed by atoms with Crippen LogP contribution in [-0.2, 0) is 0 Å². The maximum atomic E-state index is 13.3. The molecule has 3 N–H and O–H groups in total. The van der Waals surface area contributed by atoms with E-state index in [0.29, 0.717) is 10.6 Å². The van der Waals surface area contributed by atoms with E-state index in [0.717, 1.165) is 11.1 Å². The summed E-state index contributed by atoms with van der Waals surface area (Å²) < 4.78 is 13.3. The molecule has 2 nitrogen and oxygen atoms in total. The van der Waals surface area contributed by atoms with Crippen molar-refractivity contribution in [1.82, 2.24) is 5.43 Å². The van der Waals surface area contributed by atoms with Gasteiger partial charge in [-0.1, -0.05) is 41.9 Å². The van der Waals surface area contributed by atoms with E-state index in [1.54, 1.807) is 25.1 Å². The highest BCUT2D eigenvalue weighted by Crippen LogP contribution is 2.28. The van der Waals surface area contributed by atoms with Crippen LogP contribution in [0.5, 0.6) is 0 Å². The molecule has 0 radical (unpaired) electrons. The van der Waals surface area contributed by atoms with E-state index in [1.165, 1.54) is 6.07 Å². The Kier molecular flexibility index (Phi) is 3.97. The number of nitrogens with two attached hydrogens (primary N) is 1. The summed E-state index contributed by atoms with van der Waals surface area (Å²) in [5.41, 5.74) is 5.05. The first-order valence-electron chi connectivity index (χ1n) is 5.60. The van der Waals surface area contributed by atoms with Gasteiger partial charge in [0.2, 0.25) is 0 Å². The summed E-state index contributed by atoms with van der Waals surface area (Å²) in [4.78, 5) is 0. The SMILES string of the molecule is Cc1cc(C(NN)c2ccccc2Cl)ccc1F. The van der Waals surface area contributed by atoms with Crippen LogP contribution in [0, 0.1) is 12.7 Å². The lowest BCUT2D eigenvalue weighted by atomic mass is 9.98. The molecule has 0 aliphatic rings. The molecule has 18 heavy (non-hydrogen) atoms. The van der Waals surface area contributed by atoms with Crippen molar-refractivity contribution in [3.05, 3.63) is 70.0 Å². The first kappa shape index (κ1) is 13.0. The third kappa shape index (κ3) is 2.53. The standard InChI is InChI=1S/C14H14ClFN2/c1-9-8-10(6-7-13(9)16)14(18-17)11-4-2-3-5-12(11)15/h2-8,14,18H,17H2,1H3. The van der Waals surface area contributed by atoms with Crippen LogP contribution in [-0.4, -0.2) is 0 Å². The van der Waals surface area contributed by atoms with E-state index in [1.807, 2.05) is 18.2 Å². The zero-order valence-corrected chi connectivity index (χ0v) is 10.7. The number of aryl methyl sites for hydroxylation is 1. The van der Waals surface area contributed by atoms with Gasteiger partial charge in [-0.3, -0.25) is 5.84 Å². The van der Waals surface area contributed by atoms with Gasteiger partial charge >= 0.3 is 0 Å². The Labute approximate surface area is 111 Å². The molecule has 2 rings (SSSR count). The number of nitrogens with one attached hydrogen (secondary N) is 1. The van der Waals surface area contributed by atoms with Crippen LogP contribution in [0.4, 0.5) is 4.39 Å². The van der Waals surface area contributed by atoms with Crippen molar-refractivity contribution in [1.29, 1.82) is 0 Å². The Morgan fingerprint density at radius 1 is 1.22 bits per heavy atom. The summed E-state index contributed by atoms with van der Waals surface area (Å²) in [5, 5.41) is 0.627. The Balaban J connectivity index is 2.45. The first-order valence-corrected chi connectivity index (χ1v) is 5.98. The highest BCUT2D eigenvalue weighted by atomic mass is 35.5. The summed E-state index contributed by atoms with van der Waals surface area (Å²) in [6.45, 7) is 1.72. The fourth-order valence-corrected chi connectivity index (χ4v) is 2.17. The number of hydrazine groups is 1. The zero-order chi connectivity index (χ0) is 13.1. The number of halogens is 2. The molecular weight excluding hydrogens is 251 g/mol. The molecule has 0 bridgehead atoms. The van der Waals surface area contributed by atoms with Crippen molar-refractivity contribution < 1.29 is 4.39 Å². The quantitative estimate of drug-likeness (QED) is 0.659. The second kappa shape index (κ2) is 5.48. The lowest BCUT2D eigenvalue weighted by molar-refractivity contribution is 0.608. The monoisotopic (exact) mass is 264 g/mol. The molecule has 2 aromatic rings. The number of hydrogen-bond donors (Lipinski definition) is 2. The molecule has 2 aromatic carbocycles. The van der Waals surface area contributed by atoms with Gasteiger partial charge in [0.25, 0.3) is 0 Å². The van der Waals surface area contributed by atoms with Gasteiger partial charge in [-0.05, 0) is 35.7 Å². The highest BCUT2D eigenvalue weighted by Gasteiger charge is 2.15. The van der Waals surface area contributed by atoms with Crippen molar-refractivity contribution >= 4 is 11.6 Å². The van der Waals surface area contributed by atoms with Crippen LogP contribution in [0.3, 0.4) is 0 Å². The van der Waals surface area contributed by atoms with Gasteiger partial charge in [0.1, 0.15) is 5.82 Å². The van der Waals surface area contributed by atoms with Crippen LogP contribution in [0.15, 0.2) is 42.5 Å². The van der Waals surface area contributed by atoms with Crippen LogP contribution in [0.25, 0.3) is 0 Å². The molecule has 0 saturated carbocycles. The lowest BCUT2D eigenvalue weighted by Gasteiger charge is -2.18. The average Bonchev–Trinajstić information content (AvgIpc) is 2.37. The molecule has 0 aliphatic heterocycles. The van der Waals surface area contributed by atoms with E-state index >= 15 is 0 Å². The Morgan fingerprint density at radius 3 is 2.56 bits per heavy atom. The van der Waals surface area contributed by atoms with Gasteiger partial charge in [-0.25, -0.2) is 9.82 Å². The molecular formula is C14H14ClFN2. The molecule has 0 saturated heterocycles. The number of hydrogen-bond acceptors (Lipinski definition) is 2. The minimum absolute atomic E-state index is 0.228. The van der Waals surface area contributed by atoms with Gasteiger partial charge < -0.3 is 0 Å². The Bertz CT molecular complexity index is 557. The summed E-state index contributed by atoms with van der Waals surface area (Å²) >= 11 is 6.15. The van der Waals surface area contributed by atoms with Crippen molar-refractivity contribution in [3.63, 3.8) is 0 Å². The first-order chi connectivity index (χ1) is 8.63. The van der Waals surface area contributed by atoms with Crippen LogP contribution in [0.2, 0.25) is 5.02 Å². The van der Waals surface area contributed by atoms with Crippen LogP contribution in [0.1, 0.15) is 22.7 Å². The van der Waals surface area contributed by atoms with E-state index in [9.17, 15) is 4.39 Å². The van der Waals surface area contributed by atoms with Gasteiger partial charge in [-0.2, -0.15) is 0 Å². The van der Waals surface area contributed by atoms with Gasteiger partial charge in [0.05, 0.1) is 6.04 Å². The largest absolute Gasteiger partial charge is 0.271 e. The third-order valence-electron chi connectivity index (χ3n) is 2.90. The molecule has 0 fully saturated rings. The smallest absolute Gasteiger partial charge is 0.126 e. The molecule has 0 aliphatic carbocycles. The van der Waals surface area contributed by atoms with Crippen molar-refractivity contribution in [2.24, 2.45) is 5.84 Å². The fraction of sp³-hybridized carbons (Fsp3) is 0.143. The summed E-state index contributed by atoms with van der Waals surface area (Å²) in [7, 11) is 0. The summed E-state index contributed by atoms with van der Waals surface area (Å²) in [6, 6.07) is 12.1. The van der Waals surface area contributed by atoms with E-state index < -0.39 is 0 Å². The molecule has 1 unspecified atom stereocenters. The van der Waals surface area contributed by atoms with Crippen LogP contribution >= 0.6 is 11.6 Å². The highest BCUT2D eigenvalue weighted by molar-refractivity contribution is 6.31. The minimum Gasteiger partial charge on any atom is -0.271 e. The average molecular weight is 265 g/mol. The van der Waals surface area contributed by atoms with Crippen molar-refractivity contribution in [2.45, 2.75) is 13.0 Å². The topological polar surface area (TPSA) is 38.0 Å². The van der Waals surface area contributed by atoms with Gasteiger partial charge in [-0.15, -0.1) is 0 Å². The maximum Gasteiger partial charge on any atom is 0.126 e. The van der Waals surface area contributed by atoms with Crippen molar-refractivity contribution in [3.8, 4) is 0 Å². The second-order valence-electron chi connectivity index (χ2n) is 4.13. The summed E-state index contributed by atoms with van der Waals surface area (Å²) in [5.74, 6) is 5.36. The molecule has 0 aromatic heterocycles. The number of benzene rings is 2. The van der Waals surface area contributed by atoms with Crippen LogP contribution < -0.4 is 11.3 Å². The maximum absolute atomic E-state index is 13.3. The van der Waals surface area contributed by atoms with Gasteiger partial charge in [0, 0.05) is 5.02 Å². The molecule has 1 atom stereocenters. The van der Waals surface area contributed by atoms with Gasteiger partial charge in [0.15, 0.2) is 0 Å². The lowest BCUT2D eigenvalue weighted by Crippen LogP contribution is -2.29. The predicted octanol–water partition coefficient (Wildman–Crippen LogP) is 3.34. The molecule has 0 heterocycles. The molecule has 4 heteroatoms. The van der Waals surface area contributed by atoms with E-state index in [-0.39, 0.29) is 11.9 Å². The predicted molar refractivity (Wildman–Crippen MR) is 71.8 cm³/mol. The normalized spacial score (nSPS) is 12.4. The molecule has 0 spiro atoms. The second-order valence-corrected chi connectivity index (χ2v) is 4.54. The zero-order valence-electron chi connectivity index (χ0n) is 9.95. The molecule has 0 amide bonds. The summed E-state index contributed by atoms with van der Waals surface area (Å²) in [6.07, 6.45) is 0. The fourth-order valence-electron chi connectivity index (χ4n) is 1.92. The third-order valence-corrected chi connectivity index (χ3v) is 3.24. The van der Waals surface area contributed by atoms with Crippen molar-refractivity contribution in [2.75, 3.05) is 0 Å². The Morgan fingerprint density at radius 2 is 1.94 bits per heavy atom. The number of rotatable bonds is 3. The minimum atomic E-state index is -0.252. The van der Waals surface area contributed by atoms with E-state index in [2.05, 4.69) is 5.43 Å². The molecule has 94 valence electrons. The van der Waals surface area contributed by atoms with E-state index in [4.69, 9.17) is 17.4 Å².